The molecule has 0 spiro atoms. The Morgan fingerprint density at radius 1 is 1.39 bits per heavy atom. The molecule has 0 saturated heterocycles. The van der Waals surface area contributed by atoms with Crippen molar-refractivity contribution >= 4 is 17.7 Å². The van der Waals surface area contributed by atoms with Gasteiger partial charge in [0.2, 0.25) is 0 Å². The molecule has 0 radical (unpaired) electrons. The van der Waals surface area contributed by atoms with E-state index in [0.29, 0.717) is 23.4 Å². The summed E-state index contributed by atoms with van der Waals surface area (Å²) in [6, 6.07) is 7.60. The SMILES string of the molecule is CC1C2=C(CCC(C)(C)C2)SC1NC(=O)c1ccccc1CN. The van der Waals surface area contributed by atoms with Gasteiger partial charge >= 0.3 is 0 Å². The van der Waals surface area contributed by atoms with Crippen LogP contribution in [0.3, 0.4) is 0 Å². The first kappa shape index (κ1) is 16.6. The van der Waals surface area contributed by atoms with Crippen molar-refractivity contribution in [2.75, 3.05) is 0 Å². The third-order valence-electron chi connectivity index (χ3n) is 5.08. The van der Waals surface area contributed by atoms with Gasteiger partial charge in [0.1, 0.15) is 0 Å². The van der Waals surface area contributed by atoms with Crippen molar-refractivity contribution in [3.8, 4) is 0 Å². The van der Waals surface area contributed by atoms with Crippen LogP contribution in [0.2, 0.25) is 0 Å². The van der Waals surface area contributed by atoms with Crippen LogP contribution >= 0.6 is 11.8 Å². The Bertz CT molecular complexity index is 651. The zero-order chi connectivity index (χ0) is 16.6. The van der Waals surface area contributed by atoms with Gasteiger partial charge in [0.15, 0.2) is 0 Å². The molecule has 3 nitrogen and oxygen atoms in total. The van der Waals surface area contributed by atoms with E-state index in [2.05, 4.69) is 26.1 Å². The Morgan fingerprint density at radius 3 is 2.87 bits per heavy atom. The molecule has 3 rings (SSSR count). The normalized spacial score (nSPS) is 26.1. The Morgan fingerprint density at radius 2 is 2.13 bits per heavy atom. The molecule has 124 valence electrons. The van der Waals surface area contributed by atoms with Crippen LogP contribution in [0, 0.1) is 11.3 Å². The van der Waals surface area contributed by atoms with Crippen LogP contribution in [0.5, 0.6) is 0 Å². The molecule has 1 amide bonds. The van der Waals surface area contributed by atoms with E-state index in [1.165, 1.54) is 11.3 Å². The summed E-state index contributed by atoms with van der Waals surface area (Å²) >= 11 is 1.86. The molecule has 2 atom stereocenters. The summed E-state index contributed by atoms with van der Waals surface area (Å²) in [7, 11) is 0. The molecule has 2 aliphatic rings. The van der Waals surface area contributed by atoms with Crippen LogP contribution in [-0.4, -0.2) is 11.3 Å². The van der Waals surface area contributed by atoms with E-state index in [-0.39, 0.29) is 11.3 Å². The molecule has 23 heavy (non-hydrogen) atoms. The second-order valence-electron chi connectivity index (χ2n) is 7.45. The van der Waals surface area contributed by atoms with Crippen molar-refractivity contribution in [3.05, 3.63) is 45.9 Å². The van der Waals surface area contributed by atoms with Gasteiger partial charge in [-0.1, -0.05) is 44.5 Å². The zero-order valence-electron chi connectivity index (χ0n) is 14.2. The maximum atomic E-state index is 12.7. The van der Waals surface area contributed by atoms with Gasteiger partial charge in [-0.15, -0.1) is 11.8 Å². The summed E-state index contributed by atoms with van der Waals surface area (Å²) in [5, 5.41) is 3.38. The fourth-order valence-electron chi connectivity index (χ4n) is 3.58. The van der Waals surface area contributed by atoms with E-state index in [0.717, 1.165) is 18.4 Å². The second kappa shape index (κ2) is 6.33. The average molecular weight is 330 g/mol. The first-order chi connectivity index (χ1) is 10.9. The van der Waals surface area contributed by atoms with Gasteiger partial charge in [0.05, 0.1) is 5.37 Å². The van der Waals surface area contributed by atoms with Crippen LogP contribution in [0.15, 0.2) is 34.7 Å². The summed E-state index contributed by atoms with van der Waals surface area (Å²) in [6.07, 6.45) is 3.55. The summed E-state index contributed by atoms with van der Waals surface area (Å²) in [5.41, 5.74) is 9.31. The highest BCUT2D eigenvalue weighted by atomic mass is 32.2. The van der Waals surface area contributed by atoms with Crippen molar-refractivity contribution in [1.82, 2.24) is 5.32 Å². The zero-order valence-corrected chi connectivity index (χ0v) is 15.0. The smallest absolute Gasteiger partial charge is 0.252 e. The first-order valence-electron chi connectivity index (χ1n) is 8.39. The number of rotatable bonds is 3. The Labute approximate surface area is 143 Å². The minimum Gasteiger partial charge on any atom is -0.339 e. The number of allylic oxidation sites excluding steroid dienone is 1. The Kier molecular flexibility index (Phi) is 4.56. The van der Waals surface area contributed by atoms with E-state index in [4.69, 9.17) is 5.73 Å². The van der Waals surface area contributed by atoms with Gasteiger partial charge in [-0.2, -0.15) is 0 Å². The highest BCUT2D eigenvalue weighted by Gasteiger charge is 2.39. The molecular weight excluding hydrogens is 304 g/mol. The van der Waals surface area contributed by atoms with Crippen LogP contribution in [0.1, 0.15) is 56.0 Å². The molecule has 1 aromatic carbocycles. The summed E-state index contributed by atoms with van der Waals surface area (Å²) < 4.78 is 0. The van der Waals surface area contributed by atoms with E-state index < -0.39 is 0 Å². The molecule has 0 aromatic heterocycles. The predicted molar refractivity (Wildman–Crippen MR) is 97.0 cm³/mol. The monoisotopic (exact) mass is 330 g/mol. The lowest BCUT2D eigenvalue weighted by atomic mass is 9.74. The molecule has 1 heterocycles. The maximum Gasteiger partial charge on any atom is 0.252 e. The van der Waals surface area contributed by atoms with Gasteiger partial charge in [-0.3, -0.25) is 4.79 Å². The number of carbonyl (C=O) groups excluding carboxylic acids is 1. The second-order valence-corrected chi connectivity index (χ2v) is 8.69. The number of nitrogens with two attached hydrogens (primary N) is 1. The molecule has 2 unspecified atom stereocenters. The molecule has 0 fully saturated rings. The Balaban J connectivity index is 1.72. The van der Waals surface area contributed by atoms with Crippen molar-refractivity contribution in [2.24, 2.45) is 17.1 Å². The largest absolute Gasteiger partial charge is 0.339 e. The van der Waals surface area contributed by atoms with Crippen molar-refractivity contribution in [2.45, 2.75) is 52.0 Å². The lowest BCUT2D eigenvalue weighted by Gasteiger charge is -2.31. The minimum atomic E-state index is -0.00509. The lowest BCUT2D eigenvalue weighted by Crippen LogP contribution is -2.36. The third-order valence-corrected chi connectivity index (χ3v) is 6.62. The molecule has 1 aliphatic carbocycles. The molecule has 1 aromatic rings. The van der Waals surface area contributed by atoms with Crippen molar-refractivity contribution in [1.29, 1.82) is 0 Å². The maximum absolute atomic E-state index is 12.7. The quantitative estimate of drug-likeness (QED) is 0.879. The van der Waals surface area contributed by atoms with Crippen molar-refractivity contribution < 1.29 is 4.79 Å². The number of carbonyl (C=O) groups is 1. The van der Waals surface area contributed by atoms with E-state index in [1.807, 2.05) is 36.0 Å². The standard InChI is InChI=1S/C19H26N2OS/c1-12-15-10-19(2,3)9-8-16(15)23-18(12)21-17(22)14-7-5-4-6-13(14)11-20/h4-7,12,18H,8-11,20H2,1-3H3,(H,21,22). The average Bonchev–Trinajstić information content (AvgIpc) is 2.82. The highest BCUT2D eigenvalue weighted by Crippen LogP contribution is 2.52. The van der Waals surface area contributed by atoms with E-state index in [1.54, 1.807) is 5.57 Å². The topological polar surface area (TPSA) is 55.1 Å². The van der Waals surface area contributed by atoms with Gasteiger partial charge in [0.25, 0.3) is 5.91 Å². The van der Waals surface area contributed by atoms with Crippen LogP contribution in [0.25, 0.3) is 0 Å². The first-order valence-corrected chi connectivity index (χ1v) is 9.27. The van der Waals surface area contributed by atoms with Gasteiger partial charge in [-0.05, 0) is 41.2 Å². The summed E-state index contributed by atoms with van der Waals surface area (Å²) in [4.78, 5) is 14.2. The minimum absolute atomic E-state index is 0.00509. The fraction of sp³-hybridized carbons (Fsp3) is 0.526. The highest BCUT2D eigenvalue weighted by molar-refractivity contribution is 8.03. The van der Waals surface area contributed by atoms with Gasteiger partial charge in [0, 0.05) is 18.0 Å². The molecule has 1 aliphatic heterocycles. The molecule has 0 saturated carbocycles. The van der Waals surface area contributed by atoms with Crippen LogP contribution in [0.4, 0.5) is 0 Å². The van der Waals surface area contributed by atoms with E-state index in [9.17, 15) is 4.79 Å². The molecular formula is C19H26N2OS. The number of thioether (sulfide) groups is 1. The number of amides is 1. The Hall–Kier alpha value is -1.26. The van der Waals surface area contributed by atoms with Gasteiger partial charge < -0.3 is 11.1 Å². The van der Waals surface area contributed by atoms with Crippen LogP contribution < -0.4 is 11.1 Å². The number of hydrogen-bond donors (Lipinski definition) is 2. The fourth-order valence-corrected chi connectivity index (χ4v) is 5.05. The summed E-state index contributed by atoms with van der Waals surface area (Å²) in [5.74, 6) is 0.401. The molecule has 3 N–H and O–H groups in total. The van der Waals surface area contributed by atoms with E-state index >= 15 is 0 Å². The number of nitrogens with one attached hydrogen (secondary N) is 1. The van der Waals surface area contributed by atoms with Gasteiger partial charge in [-0.25, -0.2) is 0 Å². The molecule has 4 heteroatoms. The molecule has 0 bridgehead atoms. The van der Waals surface area contributed by atoms with Crippen LogP contribution in [-0.2, 0) is 6.54 Å². The predicted octanol–water partition coefficient (Wildman–Crippen LogP) is 4.05. The third kappa shape index (κ3) is 3.33. The number of hydrogen-bond acceptors (Lipinski definition) is 3. The lowest BCUT2D eigenvalue weighted by molar-refractivity contribution is 0.0944. The number of benzene rings is 1. The van der Waals surface area contributed by atoms with Crippen molar-refractivity contribution in [3.63, 3.8) is 0 Å². The summed E-state index contributed by atoms with van der Waals surface area (Å²) in [6.45, 7) is 7.32.